The predicted molar refractivity (Wildman–Crippen MR) is 168 cm³/mol. The van der Waals surface area contributed by atoms with Gasteiger partial charge in [-0.1, -0.05) is 30.3 Å². The van der Waals surface area contributed by atoms with Gasteiger partial charge in [-0.3, -0.25) is 9.10 Å². The number of nitriles is 1. The van der Waals surface area contributed by atoms with Gasteiger partial charge < -0.3 is 14.4 Å². The molecule has 3 aromatic carbocycles. The summed E-state index contributed by atoms with van der Waals surface area (Å²) in [6.45, 7) is 3.59. The molecule has 43 heavy (non-hydrogen) atoms. The largest absolute Gasteiger partial charge is 0.335 e. The normalized spacial score (nSPS) is 14.1. The number of aromatic nitrogens is 2. The zero-order valence-electron chi connectivity index (χ0n) is 23.6. The van der Waals surface area contributed by atoms with Crippen molar-refractivity contribution in [1.29, 1.82) is 5.26 Å². The van der Waals surface area contributed by atoms with Crippen molar-refractivity contribution in [2.45, 2.75) is 18.0 Å². The van der Waals surface area contributed by atoms with Crippen LogP contribution in [0.1, 0.15) is 26.5 Å². The van der Waals surface area contributed by atoms with Crippen LogP contribution < -0.4 is 4.31 Å². The molecule has 6 rings (SSSR count). The maximum Gasteiger partial charge on any atom is 0.264 e. The molecule has 1 saturated heterocycles. The molecule has 0 saturated carbocycles. The van der Waals surface area contributed by atoms with Gasteiger partial charge in [0.05, 0.1) is 45.7 Å². The Kier molecular flexibility index (Phi) is 7.99. The fraction of sp³-hybridized carbons (Fsp3) is 0.219. The second-order valence-electron chi connectivity index (χ2n) is 10.6. The van der Waals surface area contributed by atoms with E-state index >= 15 is 0 Å². The Bertz CT molecular complexity index is 1900. The number of imidazole rings is 1. The molecule has 0 N–H and O–H groups in total. The first-order valence-electron chi connectivity index (χ1n) is 13.9. The molecule has 11 heteroatoms. The summed E-state index contributed by atoms with van der Waals surface area (Å²) >= 11 is 1.43. The third-order valence-corrected chi connectivity index (χ3v) is 10.6. The molecule has 5 aromatic rings. The number of anilines is 1. The number of rotatable bonds is 8. The number of thiophene rings is 1. The molecule has 9 nitrogen and oxygen atoms in total. The first-order chi connectivity index (χ1) is 20.8. The van der Waals surface area contributed by atoms with E-state index in [0.29, 0.717) is 41.5 Å². The second-order valence-corrected chi connectivity index (χ2v) is 13.5. The molecule has 0 unspecified atom stereocenters. The minimum atomic E-state index is -3.95. The lowest BCUT2D eigenvalue weighted by molar-refractivity contribution is 0.0669. The van der Waals surface area contributed by atoms with Gasteiger partial charge in [0.15, 0.2) is 0 Å². The van der Waals surface area contributed by atoms with Gasteiger partial charge >= 0.3 is 0 Å². The van der Waals surface area contributed by atoms with Crippen molar-refractivity contribution in [2.24, 2.45) is 0 Å². The number of carbonyl (C=O) groups excluding carboxylic acids is 1. The summed E-state index contributed by atoms with van der Waals surface area (Å²) in [5.74, 6) is 0.0105. The molecule has 0 aliphatic carbocycles. The summed E-state index contributed by atoms with van der Waals surface area (Å²) in [5.41, 5.74) is 2.75. The van der Waals surface area contributed by atoms with Gasteiger partial charge in [-0.05, 0) is 66.5 Å². The van der Waals surface area contributed by atoms with Crippen molar-refractivity contribution in [3.05, 3.63) is 113 Å². The fourth-order valence-corrected chi connectivity index (χ4v) is 7.60. The number of benzene rings is 3. The first kappa shape index (κ1) is 28.6. The van der Waals surface area contributed by atoms with Gasteiger partial charge in [-0.15, -0.1) is 11.3 Å². The van der Waals surface area contributed by atoms with Crippen LogP contribution in [0.25, 0.3) is 10.1 Å². The van der Waals surface area contributed by atoms with Crippen molar-refractivity contribution in [2.75, 3.05) is 37.5 Å². The summed E-state index contributed by atoms with van der Waals surface area (Å²) in [6, 6.07) is 25.2. The van der Waals surface area contributed by atoms with E-state index in [9.17, 15) is 13.2 Å². The topological polar surface area (TPSA) is 103 Å². The number of amides is 1. The predicted octanol–water partition coefficient (Wildman–Crippen LogP) is 4.80. The number of hydrogen-bond acceptors (Lipinski definition) is 7. The fourth-order valence-electron chi connectivity index (χ4n) is 5.14. The Morgan fingerprint density at radius 1 is 1.00 bits per heavy atom. The number of sulfonamides is 1. The highest BCUT2D eigenvalue weighted by Gasteiger charge is 2.27. The molecule has 1 aliphatic heterocycles. The molecule has 2 aromatic heterocycles. The molecule has 1 amide bonds. The Morgan fingerprint density at radius 3 is 2.47 bits per heavy atom. The second kappa shape index (κ2) is 12.0. The molecule has 0 bridgehead atoms. The number of hydrogen-bond donors (Lipinski definition) is 0. The SMILES string of the molecule is CN1CCN(C(=O)c2cc3cc(N(Cc4cncn4Cc4ccc(C#N)cc4)S(=O)(=O)c4ccccc4)ccc3s2)CC1. The van der Waals surface area contributed by atoms with Crippen LogP contribution in [0.15, 0.2) is 96.3 Å². The van der Waals surface area contributed by atoms with Crippen molar-refractivity contribution in [1.82, 2.24) is 19.4 Å². The van der Waals surface area contributed by atoms with Gasteiger partial charge in [0.25, 0.3) is 15.9 Å². The van der Waals surface area contributed by atoms with E-state index in [4.69, 9.17) is 5.26 Å². The summed E-state index contributed by atoms with van der Waals surface area (Å²) in [5, 5.41) is 9.94. The standard InChI is InChI=1S/C32H30N6O3S2/c1-35-13-15-36(16-14-35)32(39)31-18-26-17-27(11-12-30(26)42-31)38(43(40,41)29-5-3-2-4-6-29)22-28-20-34-23-37(28)21-25-9-7-24(19-33)8-10-25/h2-12,17-18,20,23H,13-16,21-22H2,1H3. The highest BCUT2D eigenvalue weighted by atomic mass is 32.2. The monoisotopic (exact) mass is 610 g/mol. The molecule has 0 atom stereocenters. The van der Waals surface area contributed by atoms with Crippen LogP contribution in [-0.2, 0) is 23.1 Å². The van der Waals surface area contributed by atoms with Gasteiger partial charge in [0.2, 0.25) is 0 Å². The van der Waals surface area contributed by atoms with Crippen LogP contribution in [0.4, 0.5) is 5.69 Å². The molecule has 1 fully saturated rings. The van der Waals surface area contributed by atoms with Crippen LogP contribution in [0, 0.1) is 11.3 Å². The first-order valence-corrected chi connectivity index (χ1v) is 16.1. The van der Waals surface area contributed by atoms with Crippen molar-refractivity contribution >= 4 is 43.0 Å². The molecule has 3 heterocycles. The minimum Gasteiger partial charge on any atom is -0.335 e. The zero-order valence-corrected chi connectivity index (χ0v) is 25.3. The van der Waals surface area contributed by atoms with E-state index in [0.717, 1.165) is 28.7 Å². The Labute approximate surface area is 254 Å². The molecule has 0 spiro atoms. The van der Waals surface area contributed by atoms with Crippen LogP contribution in [0.5, 0.6) is 0 Å². The lowest BCUT2D eigenvalue weighted by Crippen LogP contribution is -2.46. The zero-order chi connectivity index (χ0) is 30.0. The number of likely N-dealkylation sites (N-methyl/N-ethyl adjacent to an activating group) is 1. The highest BCUT2D eigenvalue weighted by molar-refractivity contribution is 7.92. The molecular formula is C32H30N6O3S2. The maximum atomic E-state index is 14.1. The summed E-state index contributed by atoms with van der Waals surface area (Å²) < 4.78 is 32.4. The number of nitrogens with zero attached hydrogens (tertiary/aromatic N) is 6. The molecular weight excluding hydrogens is 581 g/mol. The van der Waals surface area contributed by atoms with Crippen LogP contribution in [-0.4, -0.2) is 66.9 Å². The summed E-state index contributed by atoms with van der Waals surface area (Å²) in [4.78, 5) is 22.5. The maximum absolute atomic E-state index is 14.1. The van der Waals surface area contributed by atoms with Crippen molar-refractivity contribution in [3.8, 4) is 6.07 Å². The molecule has 218 valence electrons. The third kappa shape index (κ3) is 6.03. The van der Waals surface area contributed by atoms with E-state index in [1.807, 2.05) is 39.8 Å². The van der Waals surface area contributed by atoms with E-state index in [1.54, 1.807) is 61.1 Å². The smallest absolute Gasteiger partial charge is 0.264 e. The summed E-state index contributed by atoms with van der Waals surface area (Å²) in [6.07, 6.45) is 3.35. The average Bonchev–Trinajstić information content (AvgIpc) is 3.67. The van der Waals surface area contributed by atoms with Crippen LogP contribution in [0.2, 0.25) is 0 Å². The van der Waals surface area contributed by atoms with Crippen molar-refractivity contribution < 1.29 is 13.2 Å². The lowest BCUT2D eigenvalue weighted by Gasteiger charge is -2.32. The van der Waals surface area contributed by atoms with E-state index < -0.39 is 10.0 Å². The average molecular weight is 611 g/mol. The van der Waals surface area contributed by atoms with E-state index in [2.05, 4.69) is 23.0 Å². The van der Waals surface area contributed by atoms with E-state index in [-0.39, 0.29) is 17.3 Å². The number of carbonyl (C=O) groups is 1. The van der Waals surface area contributed by atoms with Gasteiger partial charge in [-0.2, -0.15) is 5.26 Å². The van der Waals surface area contributed by atoms with Crippen molar-refractivity contribution in [3.63, 3.8) is 0 Å². The molecule has 1 aliphatic rings. The van der Waals surface area contributed by atoms with Gasteiger partial charge in [-0.25, -0.2) is 13.4 Å². The number of piperazine rings is 1. The molecule has 0 radical (unpaired) electrons. The Balaban J connectivity index is 1.34. The lowest BCUT2D eigenvalue weighted by atomic mass is 10.1. The minimum absolute atomic E-state index is 0.0105. The summed E-state index contributed by atoms with van der Waals surface area (Å²) in [7, 11) is -1.90. The van der Waals surface area contributed by atoms with E-state index in [1.165, 1.54) is 15.6 Å². The number of fused-ring (bicyclic) bond motifs is 1. The Morgan fingerprint density at radius 2 is 1.74 bits per heavy atom. The van der Waals surface area contributed by atoms with Crippen LogP contribution in [0.3, 0.4) is 0 Å². The van der Waals surface area contributed by atoms with Crippen LogP contribution >= 0.6 is 11.3 Å². The van der Waals surface area contributed by atoms with Gasteiger partial charge in [0.1, 0.15) is 0 Å². The van der Waals surface area contributed by atoms with Gasteiger partial charge in [0, 0.05) is 43.6 Å². The quantitative estimate of drug-likeness (QED) is 0.250. The third-order valence-electron chi connectivity index (χ3n) is 7.66. The highest BCUT2D eigenvalue weighted by Crippen LogP contribution is 2.33. The Hall–Kier alpha value is -4.50.